The van der Waals surface area contributed by atoms with E-state index in [4.69, 9.17) is 9.47 Å². The van der Waals surface area contributed by atoms with Crippen molar-refractivity contribution in [3.63, 3.8) is 0 Å². The summed E-state index contributed by atoms with van der Waals surface area (Å²) >= 11 is 0. The molecule has 4 rings (SSSR count). The van der Waals surface area contributed by atoms with Crippen LogP contribution in [0.15, 0.2) is 40.7 Å². The summed E-state index contributed by atoms with van der Waals surface area (Å²) in [4.78, 5) is 25.8. The van der Waals surface area contributed by atoms with Crippen LogP contribution < -0.4 is 5.01 Å². The molecule has 0 saturated heterocycles. The smallest absolute Gasteiger partial charge is 0.339 e. The van der Waals surface area contributed by atoms with E-state index in [0.29, 0.717) is 5.69 Å². The topological polar surface area (TPSA) is 80.6 Å². The summed E-state index contributed by atoms with van der Waals surface area (Å²) in [6, 6.07) is 9.31. The Bertz CT molecular complexity index is 722. The largest absolute Gasteiger partial charge is 0.467 e. The van der Waals surface area contributed by atoms with Gasteiger partial charge in [0.2, 0.25) is 11.1 Å². The number of fused-ring (bicyclic) bond motifs is 5. The number of esters is 2. The molecular formula is C17H19N3O4. The molecule has 0 radical (unpaired) electrons. The number of carbonyl (C=O) groups excluding carboxylic acids is 2. The molecule has 1 heterocycles. The number of carbonyl (C=O) groups is 2. The molecule has 2 saturated carbocycles. The third-order valence-corrected chi connectivity index (χ3v) is 5.82. The summed E-state index contributed by atoms with van der Waals surface area (Å²) in [6.45, 7) is 0. The van der Waals surface area contributed by atoms with Crippen LogP contribution in [-0.4, -0.2) is 37.2 Å². The van der Waals surface area contributed by atoms with E-state index in [1.54, 1.807) is 5.01 Å². The first kappa shape index (κ1) is 15.1. The van der Waals surface area contributed by atoms with Crippen LogP contribution in [0.3, 0.4) is 0 Å². The minimum Gasteiger partial charge on any atom is -0.467 e. The summed E-state index contributed by atoms with van der Waals surface area (Å²) < 4.78 is 10.2. The SMILES string of the molecule is COC(=O)[C@@]12N=NN(c3ccccc3)[C@@]1(C(=O)OC)[C@H]1CC[C@H]2C1. The van der Waals surface area contributed by atoms with E-state index in [0.717, 1.165) is 19.3 Å². The molecule has 0 spiro atoms. The van der Waals surface area contributed by atoms with Gasteiger partial charge in [0.05, 0.1) is 19.9 Å². The van der Waals surface area contributed by atoms with Gasteiger partial charge in [-0.2, -0.15) is 0 Å². The molecule has 126 valence electrons. The van der Waals surface area contributed by atoms with Crippen molar-refractivity contribution in [1.29, 1.82) is 0 Å². The van der Waals surface area contributed by atoms with E-state index in [2.05, 4.69) is 10.3 Å². The molecule has 1 aliphatic heterocycles. The summed E-state index contributed by atoms with van der Waals surface area (Å²) in [7, 11) is 2.67. The zero-order valence-electron chi connectivity index (χ0n) is 13.6. The first-order chi connectivity index (χ1) is 11.6. The quantitative estimate of drug-likeness (QED) is 0.794. The van der Waals surface area contributed by atoms with E-state index in [1.165, 1.54) is 14.2 Å². The van der Waals surface area contributed by atoms with E-state index in [9.17, 15) is 9.59 Å². The molecule has 7 heteroatoms. The van der Waals surface area contributed by atoms with Crippen molar-refractivity contribution in [3.8, 4) is 0 Å². The van der Waals surface area contributed by atoms with Crippen molar-refractivity contribution in [3.05, 3.63) is 30.3 Å². The molecule has 24 heavy (non-hydrogen) atoms. The average molecular weight is 329 g/mol. The second-order valence-electron chi connectivity index (χ2n) is 6.56. The molecule has 0 N–H and O–H groups in total. The molecule has 1 aromatic rings. The monoisotopic (exact) mass is 329 g/mol. The third kappa shape index (κ3) is 1.48. The van der Waals surface area contributed by atoms with E-state index in [1.807, 2.05) is 30.3 Å². The van der Waals surface area contributed by atoms with Gasteiger partial charge < -0.3 is 9.47 Å². The first-order valence-electron chi connectivity index (χ1n) is 8.07. The average Bonchev–Trinajstić information content (AvgIpc) is 3.31. The Hall–Kier alpha value is -2.44. The highest BCUT2D eigenvalue weighted by molar-refractivity contribution is 6.00. The standard InChI is InChI=1S/C17H19N3O4/c1-23-14(21)16-11-8-9-12(10-11)17(16,15(22)24-2)20(19-18-16)13-6-4-3-5-7-13/h3-7,11-12H,8-10H2,1-2H3/t11-,12-,16+,17+/m0/s1. The van der Waals surface area contributed by atoms with E-state index in [-0.39, 0.29) is 11.8 Å². The summed E-state index contributed by atoms with van der Waals surface area (Å²) in [6.07, 6.45) is 2.42. The predicted molar refractivity (Wildman–Crippen MR) is 84.1 cm³/mol. The Balaban J connectivity index is 1.95. The Morgan fingerprint density at radius 2 is 1.75 bits per heavy atom. The van der Waals surface area contributed by atoms with Crippen LogP contribution in [0, 0.1) is 11.8 Å². The first-order valence-corrected chi connectivity index (χ1v) is 8.07. The Morgan fingerprint density at radius 1 is 1.08 bits per heavy atom. The Kier molecular flexibility index (Phi) is 3.16. The van der Waals surface area contributed by atoms with Gasteiger partial charge >= 0.3 is 11.9 Å². The molecule has 2 bridgehead atoms. The molecule has 2 aliphatic carbocycles. The zero-order chi connectivity index (χ0) is 16.9. The summed E-state index contributed by atoms with van der Waals surface area (Å²) in [5, 5.41) is 10.2. The Labute approximate surface area is 139 Å². The number of anilines is 1. The molecular weight excluding hydrogens is 310 g/mol. The minimum absolute atomic E-state index is 0.0516. The van der Waals surface area contributed by atoms with Crippen LogP contribution in [0.4, 0.5) is 5.69 Å². The van der Waals surface area contributed by atoms with Gasteiger partial charge in [-0.15, -0.1) is 5.11 Å². The van der Waals surface area contributed by atoms with Crippen LogP contribution in [-0.2, 0) is 19.1 Å². The molecule has 7 nitrogen and oxygen atoms in total. The molecule has 0 amide bonds. The lowest BCUT2D eigenvalue weighted by Gasteiger charge is -2.44. The van der Waals surface area contributed by atoms with Gasteiger partial charge in [-0.25, -0.2) is 14.6 Å². The fourth-order valence-electron chi connectivity index (χ4n) is 4.95. The van der Waals surface area contributed by atoms with Crippen molar-refractivity contribution in [2.45, 2.75) is 30.3 Å². The van der Waals surface area contributed by atoms with Crippen molar-refractivity contribution in [2.24, 2.45) is 22.2 Å². The van der Waals surface area contributed by atoms with E-state index >= 15 is 0 Å². The van der Waals surface area contributed by atoms with Crippen LogP contribution in [0.25, 0.3) is 0 Å². The fourth-order valence-corrected chi connectivity index (χ4v) is 4.95. The van der Waals surface area contributed by atoms with Crippen LogP contribution in [0.5, 0.6) is 0 Å². The fraction of sp³-hybridized carbons (Fsp3) is 0.529. The number of ether oxygens (including phenoxy) is 2. The van der Waals surface area contributed by atoms with Crippen molar-refractivity contribution in [1.82, 2.24) is 0 Å². The van der Waals surface area contributed by atoms with Crippen molar-refractivity contribution in [2.75, 3.05) is 19.2 Å². The lowest BCUT2D eigenvalue weighted by Crippen LogP contribution is -2.70. The van der Waals surface area contributed by atoms with Crippen LogP contribution in [0.1, 0.15) is 19.3 Å². The Morgan fingerprint density at radius 3 is 2.42 bits per heavy atom. The van der Waals surface area contributed by atoms with Gasteiger partial charge in [-0.05, 0) is 37.3 Å². The van der Waals surface area contributed by atoms with Gasteiger partial charge in [-0.3, -0.25) is 0 Å². The van der Waals surface area contributed by atoms with E-state index < -0.39 is 23.0 Å². The molecule has 3 aliphatic rings. The third-order valence-electron chi connectivity index (χ3n) is 5.82. The van der Waals surface area contributed by atoms with Gasteiger partial charge in [0.1, 0.15) is 0 Å². The molecule has 0 aromatic heterocycles. The highest BCUT2D eigenvalue weighted by Gasteiger charge is 2.82. The van der Waals surface area contributed by atoms with Crippen LogP contribution in [0.2, 0.25) is 0 Å². The number of methoxy groups -OCH3 is 2. The summed E-state index contributed by atoms with van der Waals surface area (Å²) in [5.41, 5.74) is -1.88. The van der Waals surface area contributed by atoms with Crippen molar-refractivity contribution >= 4 is 17.6 Å². The summed E-state index contributed by atoms with van der Waals surface area (Å²) in [5.74, 6) is -1.10. The maximum Gasteiger partial charge on any atom is 0.339 e. The normalized spacial score (nSPS) is 35.8. The molecule has 4 atom stereocenters. The maximum atomic E-state index is 13.0. The lowest BCUT2D eigenvalue weighted by molar-refractivity contribution is -0.163. The van der Waals surface area contributed by atoms with Gasteiger partial charge in [0.25, 0.3) is 0 Å². The number of nitrogens with zero attached hydrogens (tertiary/aromatic N) is 3. The number of hydrogen-bond acceptors (Lipinski definition) is 7. The predicted octanol–water partition coefficient (Wildman–Crippen LogP) is 2.13. The number of para-hydroxylation sites is 1. The van der Waals surface area contributed by atoms with Gasteiger partial charge in [-0.1, -0.05) is 23.4 Å². The van der Waals surface area contributed by atoms with Gasteiger partial charge in [0.15, 0.2) is 0 Å². The highest BCUT2D eigenvalue weighted by Crippen LogP contribution is 2.65. The molecule has 0 unspecified atom stereocenters. The van der Waals surface area contributed by atoms with Crippen molar-refractivity contribution < 1.29 is 19.1 Å². The number of rotatable bonds is 3. The second kappa shape index (κ2) is 5.03. The minimum atomic E-state index is -1.33. The molecule has 1 aromatic carbocycles. The lowest BCUT2D eigenvalue weighted by atomic mass is 9.66. The molecule has 2 fully saturated rings. The van der Waals surface area contributed by atoms with Crippen LogP contribution >= 0.6 is 0 Å². The zero-order valence-corrected chi connectivity index (χ0v) is 13.6. The highest BCUT2D eigenvalue weighted by atomic mass is 16.5. The number of hydrogen-bond donors (Lipinski definition) is 0. The maximum absolute atomic E-state index is 13.0. The van der Waals surface area contributed by atoms with Gasteiger partial charge in [0, 0.05) is 5.92 Å². The number of benzene rings is 1. The second-order valence-corrected chi connectivity index (χ2v) is 6.56.